The number of aromatic hydroxyl groups is 1. The van der Waals surface area contributed by atoms with Crippen LogP contribution in [-0.4, -0.2) is 10.1 Å². The summed E-state index contributed by atoms with van der Waals surface area (Å²) in [6, 6.07) is 6.86. The van der Waals surface area contributed by atoms with Gasteiger partial charge in [-0.25, -0.2) is 0 Å². The highest BCUT2D eigenvalue weighted by Gasteiger charge is 2.22. The first-order valence-electron chi connectivity index (χ1n) is 6.19. The molecule has 1 aromatic heterocycles. The molecular formula is C15H11ClN4O2. The Labute approximate surface area is 131 Å². The summed E-state index contributed by atoms with van der Waals surface area (Å²) in [5.41, 5.74) is 5.97. The summed E-state index contributed by atoms with van der Waals surface area (Å²) in [7, 11) is 0. The van der Waals surface area contributed by atoms with E-state index in [1.54, 1.807) is 25.1 Å². The van der Waals surface area contributed by atoms with Gasteiger partial charge in [-0.3, -0.25) is 4.79 Å². The van der Waals surface area contributed by atoms with E-state index in [9.17, 15) is 20.4 Å². The molecule has 2 rings (SSSR count). The number of phenols is 1. The van der Waals surface area contributed by atoms with Gasteiger partial charge >= 0.3 is 0 Å². The normalized spacial score (nSPS) is 10.0. The van der Waals surface area contributed by atoms with Crippen LogP contribution in [0.25, 0.3) is 11.1 Å². The van der Waals surface area contributed by atoms with E-state index in [1.165, 1.54) is 0 Å². The van der Waals surface area contributed by atoms with Gasteiger partial charge in [-0.05, 0) is 18.6 Å². The molecule has 6 nitrogen and oxygen atoms in total. The van der Waals surface area contributed by atoms with Gasteiger partial charge in [0.25, 0.3) is 5.56 Å². The number of nitrogen functional groups attached to an aromatic ring is 1. The summed E-state index contributed by atoms with van der Waals surface area (Å²) in [6.07, 6.45) is 0. The Morgan fingerprint density at radius 2 is 1.95 bits per heavy atom. The molecule has 0 aliphatic rings. The van der Waals surface area contributed by atoms with Crippen molar-refractivity contribution in [1.82, 2.24) is 4.98 Å². The molecule has 1 heterocycles. The number of alkyl halides is 1. The number of hydrogen-bond donors (Lipinski definition) is 3. The molecule has 110 valence electrons. The number of nitrogens with zero attached hydrogens (tertiary/aromatic N) is 2. The Balaban J connectivity index is 3.02. The second-order valence-corrected chi connectivity index (χ2v) is 4.94. The molecule has 0 aliphatic carbocycles. The average molecular weight is 315 g/mol. The molecule has 0 bridgehead atoms. The molecule has 0 aliphatic heterocycles. The van der Waals surface area contributed by atoms with E-state index >= 15 is 0 Å². The molecule has 0 atom stereocenters. The summed E-state index contributed by atoms with van der Waals surface area (Å²) in [5, 5.41) is 28.9. The average Bonchev–Trinajstić information content (AvgIpc) is 2.48. The SMILES string of the molecule is Cc1cc(CCl)c(O)c(-c2c(C#N)c(N)[nH]c(=O)c2C#N)c1. The second-order valence-electron chi connectivity index (χ2n) is 4.67. The van der Waals surface area contributed by atoms with Gasteiger partial charge < -0.3 is 15.8 Å². The van der Waals surface area contributed by atoms with E-state index in [0.717, 1.165) is 5.56 Å². The van der Waals surface area contributed by atoms with Crippen molar-refractivity contribution in [2.24, 2.45) is 0 Å². The Morgan fingerprint density at radius 3 is 2.50 bits per heavy atom. The highest BCUT2D eigenvalue weighted by atomic mass is 35.5. The molecule has 0 saturated carbocycles. The number of H-pyrrole nitrogens is 1. The van der Waals surface area contributed by atoms with E-state index in [0.29, 0.717) is 5.56 Å². The second kappa shape index (κ2) is 5.80. The molecule has 0 fully saturated rings. The van der Waals surface area contributed by atoms with E-state index in [2.05, 4.69) is 4.98 Å². The molecule has 2 aromatic rings. The maximum absolute atomic E-state index is 11.9. The zero-order valence-electron chi connectivity index (χ0n) is 11.6. The van der Waals surface area contributed by atoms with Crippen LogP contribution < -0.4 is 11.3 Å². The highest BCUT2D eigenvalue weighted by molar-refractivity contribution is 6.17. The van der Waals surface area contributed by atoms with Gasteiger partial charge in [0.1, 0.15) is 34.8 Å². The number of phenolic OH excluding ortho intramolecular Hbond substituents is 1. The van der Waals surface area contributed by atoms with Crippen LogP contribution in [0.2, 0.25) is 0 Å². The Hall–Kier alpha value is -2.96. The van der Waals surface area contributed by atoms with Gasteiger partial charge in [-0.1, -0.05) is 6.07 Å². The van der Waals surface area contributed by atoms with Crippen LogP contribution >= 0.6 is 11.6 Å². The molecular weight excluding hydrogens is 304 g/mol. The van der Waals surface area contributed by atoms with Crippen LogP contribution in [0.15, 0.2) is 16.9 Å². The zero-order valence-corrected chi connectivity index (χ0v) is 12.3. The van der Waals surface area contributed by atoms with Crippen LogP contribution in [0.3, 0.4) is 0 Å². The van der Waals surface area contributed by atoms with E-state index in [4.69, 9.17) is 17.3 Å². The highest BCUT2D eigenvalue weighted by Crippen LogP contribution is 2.38. The summed E-state index contributed by atoms with van der Waals surface area (Å²) < 4.78 is 0. The smallest absolute Gasteiger partial charge is 0.268 e. The lowest BCUT2D eigenvalue weighted by Crippen LogP contribution is -2.16. The first-order chi connectivity index (χ1) is 10.4. The number of aryl methyl sites for hydroxylation is 1. The first kappa shape index (κ1) is 15.4. The number of nitriles is 2. The van der Waals surface area contributed by atoms with Crippen molar-refractivity contribution in [3.05, 3.63) is 44.7 Å². The number of nitrogens with one attached hydrogen (secondary N) is 1. The zero-order chi connectivity index (χ0) is 16.4. The monoisotopic (exact) mass is 314 g/mol. The first-order valence-corrected chi connectivity index (χ1v) is 6.72. The van der Waals surface area contributed by atoms with E-state index in [-0.39, 0.29) is 39.7 Å². The lowest BCUT2D eigenvalue weighted by molar-refractivity contribution is 0.472. The minimum atomic E-state index is -0.720. The largest absolute Gasteiger partial charge is 0.507 e. The third-order valence-corrected chi connectivity index (χ3v) is 3.50. The van der Waals surface area contributed by atoms with Crippen molar-refractivity contribution in [2.75, 3.05) is 5.73 Å². The molecule has 0 radical (unpaired) electrons. The fourth-order valence-corrected chi connectivity index (χ4v) is 2.46. The Bertz CT molecular complexity index is 904. The maximum Gasteiger partial charge on any atom is 0.268 e. The van der Waals surface area contributed by atoms with Gasteiger partial charge in [0.2, 0.25) is 0 Å². The number of halogens is 1. The van der Waals surface area contributed by atoms with E-state index < -0.39 is 5.56 Å². The predicted molar refractivity (Wildman–Crippen MR) is 82.3 cm³/mol. The maximum atomic E-state index is 11.9. The van der Waals surface area contributed by atoms with Crippen LogP contribution in [0.1, 0.15) is 22.3 Å². The van der Waals surface area contributed by atoms with Crippen molar-refractivity contribution >= 4 is 17.4 Å². The minimum Gasteiger partial charge on any atom is -0.507 e. The third kappa shape index (κ3) is 2.37. The van der Waals surface area contributed by atoms with Crippen molar-refractivity contribution in [1.29, 1.82) is 10.5 Å². The van der Waals surface area contributed by atoms with E-state index in [1.807, 2.05) is 6.07 Å². The lowest BCUT2D eigenvalue weighted by atomic mass is 9.93. The minimum absolute atomic E-state index is 0.0128. The summed E-state index contributed by atoms with van der Waals surface area (Å²) >= 11 is 5.79. The summed E-state index contributed by atoms with van der Waals surface area (Å²) in [4.78, 5) is 14.2. The Morgan fingerprint density at radius 1 is 1.32 bits per heavy atom. The number of pyridine rings is 1. The van der Waals surface area contributed by atoms with Gasteiger partial charge in [-0.15, -0.1) is 11.6 Å². The van der Waals surface area contributed by atoms with Gasteiger partial charge in [0.15, 0.2) is 0 Å². The van der Waals surface area contributed by atoms with Crippen LogP contribution in [0.5, 0.6) is 5.75 Å². The van der Waals surface area contributed by atoms with Crippen LogP contribution in [-0.2, 0) is 5.88 Å². The molecule has 1 aromatic carbocycles. The molecule has 7 heteroatoms. The van der Waals surface area contributed by atoms with Crippen molar-refractivity contribution in [2.45, 2.75) is 12.8 Å². The topological polar surface area (TPSA) is 127 Å². The molecule has 0 spiro atoms. The Kier molecular flexibility index (Phi) is 4.07. The number of hydrogen-bond acceptors (Lipinski definition) is 5. The number of anilines is 1. The third-order valence-electron chi connectivity index (χ3n) is 3.21. The molecule has 4 N–H and O–H groups in total. The molecule has 0 unspecified atom stereocenters. The van der Waals surface area contributed by atoms with Gasteiger partial charge in [0.05, 0.1) is 5.88 Å². The van der Waals surface area contributed by atoms with Crippen molar-refractivity contribution < 1.29 is 5.11 Å². The number of rotatable bonds is 2. The van der Waals surface area contributed by atoms with Crippen LogP contribution in [0, 0.1) is 29.6 Å². The fraction of sp³-hybridized carbons (Fsp3) is 0.133. The predicted octanol–water partition coefficient (Wildman–Crippen LogP) is 2.12. The number of nitrogens with two attached hydrogens (primary N) is 1. The number of aromatic amines is 1. The summed E-state index contributed by atoms with van der Waals surface area (Å²) in [6.45, 7) is 1.77. The lowest BCUT2D eigenvalue weighted by Gasteiger charge is -2.13. The number of aromatic nitrogens is 1. The molecule has 22 heavy (non-hydrogen) atoms. The fourth-order valence-electron chi connectivity index (χ4n) is 2.26. The van der Waals surface area contributed by atoms with Crippen LogP contribution in [0.4, 0.5) is 5.82 Å². The van der Waals surface area contributed by atoms with Gasteiger partial charge in [-0.2, -0.15) is 10.5 Å². The quantitative estimate of drug-likeness (QED) is 0.732. The summed E-state index contributed by atoms with van der Waals surface area (Å²) in [5.74, 6) is -0.295. The van der Waals surface area contributed by atoms with Gasteiger partial charge in [0, 0.05) is 16.7 Å². The standard InChI is InChI=1S/C15H11ClN4O2/c1-7-2-8(4-16)13(21)9(3-7)12-10(5-17)14(19)20-15(22)11(12)6-18/h2-3,21H,4H2,1H3,(H3,19,20,22). The number of benzene rings is 1. The van der Waals surface area contributed by atoms with Crippen molar-refractivity contribution in [3.8, 4) is 29.0 Å². The van der Waals surface area contributed by atoms with Crippen molar-refractivity contribution in [3.63, 3.8) is 0 Å². The molecule has 0 amide bonds. The molecule has 0 saturated heterocycles.